The minimum absolute atomic E-state index is 0.00714. The Morgan fingerprint density at radius 3 is 2.57 bits per heavy atom. The summed E-state index contributed by atoms with van der Waals surface area (Å²) in [5.74, 6) is -0.00714. The third-order valence-electron chi connectivity index (χ3n) is 3.74. The molecule has 0 aromatic heterocycles. The van der Waals surface area contributed by atoms with Gasteiger partial charge in [0.05, 0.1) is 12.6 Å². The Labute approximate surface area is 124 Å². The molecule has 2 aromatic carbocycles. The van der Waals surface area contributed by atoms with E-state index in [0.717, 1.165) is 22.5 Å². The first-order chi connectivity index (χ1) is 10.1. The zero-order valence-electron chi connectivity index (χ0n) is 12.3. The maximum Gasteiger partial charge on any atom is 0.238 e. The Balaban J connectivity index is 2.11. The molecule has 3 rings (SSSR count). The molecule has 2 N–H and O–H groups in total. The summed E-state index contributed by atoms with van der Waals surface area (Å²) in [5.41, 5.74) is 4.25. The summed E-state index contributed by atoms with van der Waals surface area (Å²) in [7, 11) is 4.03. The molecular formula is C17H19N3O. The highest BCUT2D eigenvalue weighted by Gasteiger charge is 2.23. The lowest BCUT2D eigenvalue weighted by atomic mass is 9.97. The van der Waals surface area contributed by atoms with Crippen molar-refractivity contribution in [2.45, 2.75) is 6.04 Å². The van der Waals surface area contributed by atoms with E-state index in [-0.39, 0.29) is 11.9 Å². The highest BCUT2D eigenvalue weighted by atomic mass is 16.1. The topological polar surface area (TPSA) is 44.4 Å². The smallest absolute Gasteiger partial charge is 0.238 e. The Kier molecular flexibility index (Phi) is 3.62. The first kappa shape index (κ1) is 13.6. The molecule has 0 saturated heterocycles. The van der Waals surface area contributed by atoms with E-state index in [4.69, 9.17) is 0 Å². The van der Waals surface area contributed by atoms with Gasteiger partial charge in [-0.05, 0) is 29.3 Å². The number of hydrogen-bond acceptors (Lipinski definition) is 3. The molecule has 1 heterocycles. The number of anilines is 2. The number of carbonyl (C=O) groups excluding carboxylic acids is 1. The van der Waals surface area contributed by atoms with Crippen molar-refractivity contribution in [2.24, 2.45) is 0 Å². The van der Waals surface area contributed by atoms with Crippen molar-refractivity contribution < 1.29 is 4.79 Å². The van der Waals surface area contributed by atoms with Crippen molar-refractivity contribution in [3.05, 3.63) is 59.7 Å². The molecule has 1 aliphatic heterocycles. The van der Waals surface area contributed by atoms with Gasteiger partial charge >= 0.3 is 0 Å². The van der Waals surface area contributed by atoms with Crippen LogP contribution in [0.4, 0.5) is 11.4 Å². The lowest BCUT2D eigenvalue weighted by Gasteiger charge is -2.21. The van der Waals surface area contributed by atoms with E-state index in [2.05, 4.69) is 33.7 Å². The molecular weight excluding hydrogens is 262 g/mol. The molecule has 1 unspecified atom stereocenters. The van der Waals surface area contributed by atoms with Gasteiger partial charge in [-0.1, -0.05) is 30.3 Å². The fraction of sp³-hybridized carbons (Fsp3) is 0.235. The highest BCUT2D eigenvalue weighted by molar-refractivity contribution is 5.94. The van der Waals surface area contributed by atoms with Crippen LogP contribution < -0.4 is 15.5 Å². The summed E-state index contributed by atoms with van der Waals surface area (Å²) in [6.07, 6.45) is 0. The summed E-state index contributed by atoms with van der Waals surface area (Å²) >= 11 is 0. The van der Waals surface area contributed by atoms with Crippen LogP contribution in [0, 0.1) is 0 Å². The lowest BCUT2D eigenvalue weighted by Crippen LogP contribution is -2.27. The molecule has 108 valence electrons. The predicted octanol–water partition coefficient (Wildman–Crippen LogP) is 2.38. The number of amides is 1. The van der Waals surface area contributed by atoms with Crippen LogP contribution in [-0.4, -0.2) is 26.5 Å². The molecule has 1 atom stereocenters. The van der Waals surface area contributed by atoms with E-state index < -0.39 is 0 Å². The van der Waals surface area contributed by atoms with Gasteiger partial charge in [-0.2, -0.15) is 0 Å². The Bertz CT molecular complexity index is 652. The standard InChI is InChI=1S/C17H19N3O/c1-20(2)13-8-9-15-14(10-13)17(18-11-16(21)19-15)12-6-4-3-5-7-12/h3-10,17-18H,11H2,1-2H3,(H,19,21). The maximum absolute atomic E-state index is 11.9. The van der Waals surface area contributed by atoms with Crippen LogP contribution in [0.5, 0.6) is 0 Å². The second-order valence-corrected chi connectivity index (χ2v) is 5.44. The molecule has 1 aliphatic rings. The zero-order valence-corrected chi connectivity index (χ0v) is 12.3. The van der Waals surface area contributed by atoms with Crippen LogP contribution >= 0.6 is 0 Å². The highest BCUT2D eigenvalue weighted by Crippen LogP contribution is 2.33. The average Bonchev–Trinajstić information content (AvgIpc) is 2.65. The van der Waals surface area contributed by atoms with Gasteiger partial charge in [-0.3, -0.25) is 10.1 Å². The number of hydrogen-bond donors (Lipinski definition) is 2. The van der Waals surface area contributed by atoms with Crippen LogP contribution in [0.25, 0.3) is 0 Å². The molecule has 0 spiro atoms. The first-order valence-electron chi connectivity index (χ1n) is 7.04. The van der Waals surface area contributed by atoms with Crippen molar-refractivity contribution in [1.82, 2.24) is 5.32 Å². The monoisotopic (exact) mass is 281 g/mol. The Morgan fingerprint density at radius 1 is 1.10 bits per heavy atom. The minimum Gasteiger partial charge on any atom is -0.378 e. The van der Waals surface area contributed by atoms with Gasteiger partial charge in [0.15, 0.2) is 0 Å². The fourth-order valence-corrected chi connectivity index (χ4v) is 2.62. The van der Waals surface area contributed by atoms with Gasteiger partial charge in [-0.15, -0.1) is 0 Å². The third-order valence-corrected chi connectivity index (χ3v) is 3.74. The number of fused-ring (bicyclic) bond motifs is 1. The quantitative estimate of drug-likeness (QED) is 0.888. The molecule has 4 heteroatoms. The van der Waals surface area contributed by atoms with E-state index in [0.29, 0.717) is 6.54 Å². The summed E-state index contributed by atoms with van der Waals surface area (Å²) in [5, 5.41) is 6.31. The van der Waals surface area contributed by atoms with Gasteiger partial charge < -0.3 is 10.2 Å². The molecule has 0 saturated carbocycles. The Hall–Kier alpha value is -2.33. The van der Waals surface area contributed by atoms with Crippen molar-refractivity contribution >= 4 is 17.3 Å². The summed E-state index contributed by atoms with van der Waals surface area (Å²) < 4.78 is 0. The van der Waals surface area contributed by atoms with Gasteiger partial charge in [0.1, 0.15) is 0 Å². The summed E-state index contributed by atoms with van der Waals surface area (Å²) in [4.78, 5) is 13.9. The summed E-state index contributed by atoms with van der Waals surface area (Å²) in [6, 6.07) is 16.4. The van der Waals surface area contributed by atoms with Gasteiger partial charge in [0.25, 0.3) is 0 Å². The molecule has 0 aliphatic carbocycles. The SMILES string of the molecule is CN(C)c1ccc2c(c1)C(c1ccccc1)NCC(=O)N2. The fourth-order valence-electron chi connectivity index (χ4n) is 2.62. The number of carbonyl (C=O) groups is 1. The molecule has 21 heavy (non-hydrogen) atoms. The van der Waals surface area contributed by atoms with Crippen molar-refractivity contribution in [3.63, 3.8) is 0 Å². The molecule has 4 nitrogen and oxygen atoms in total. The lowest BCUT2D eigenvalue weighted by molar-refractivity contribution is -0.115. The van der Waals surface area contributed by atoms with E-state index in [1.807, 2.05) is 44.4 Å². The van der Waals surface area contributed by atoms with E-state index in [9.17, 15) is 4.79 Å². The largest absolute Gasteiger partial charge is 0.378 e. The molecule has 0 radical (unpaired) electrons. The first-order valence-corrected chi connectivity index (χ1v) is 7.04. The minimum atomic E-state index is -0.00714. The van der Waals surface area contributed by atoms with Gasteiger partial charge in [0, 0.05) is 25.5 Å². The van der Waals surface area contributed by atoms with Crippen LogP contribution in [0.1, 0.15) is 17.2 Å². The third kappa shape index (κ3) is 2.76. The van der Waals surface area contributed by atoms with E-state index in [1.165, 1.54) is 0 Å². The molecule has 0 fully saturated rings. The predicted molar refractivity (Wildman–Crippen MR) is 85.7 cm³/mol. The second kappa shape index (κ2) is 5.58. The van der Waals surface area contributed by atoms with E-state index in [1.54, 1.807) is 0 Å². The second-order valence-electron chi connectivity index (χ2n) is 5.44. The van der Waals surface area contributed by atoms with Crippen LogP contribution in [0.3, 0.4) is 0 Å². The number of nitrogens with zero attached hydrogens (tertiary/aromatic N) is 1. The van der Waals surface area contributed by atoms with Gasteiger partial charge in [0.2, 0.25) is 5.91 Å². The van der Waals surface area contributed by atoms with Crippen LogP contribution in [0.2, 0.25) is 0 Å². The molecule has 1 amide bonds. The normalized spacial score (nSPS) is 17.6. The number of rotatable bonds is 2. The Morgan fingerprint density at radius 2 is 1.86 bits per heavy atom. The average molecular weight is 281 g/mol. The zero-order chi connectivity index (χ0) is 14.8. The van der Waals surface area contributed by atoms with Gasteiger partial charge in [-0.25, -0.2) is 0 Å². The van der Waals surface area contributed by atoms with Crippen LogP contribution in [0.15, 0.2) is 48.5 Å². The number of nitrogens with one attached hydrogen (secondary N) is 2. The maximum atomic E-state index is 11.9. The van der Waals surface area contributed by atoms with Crippen molar-refractivity contribution in [3.8, 4) is 0 Å². The molecule has 2 aromatic rings. The van der Waals surface area contributed by atoms with Crippen LogP contribution in [-0.2, 0) is 4.79 Å². The van der Waals surface area contributed by atoms with Crippen molar-refractivity contribution in [1.29, 1.82) is 0 Å². The summed E-state index contributed by atoms with van der Waals surface area (Å²) in [6.45, 7) is 0.311. The van der Waals surface area contributed by atoms with E-state index >= 15 is 0 Å². The number of benzene rings is 2. The molecule has 0 bridgehead atoms. The van der Waals surface area contributed by atoms with Crippen molar-refractivity contribution in [2.75, 3.05) is 30.9 Å².